The van der Waals surface area contributed by atoms with Crippen LogP contribution in [0.4, 0.5) is 11.4 Å². The SMILES string of the molecule is N=C(N)c1cc(N2CCCCc3ccccc32)ccn1. The molecule has 4 nitrogen and oxygen atoms in total. The second-order valence-electron chi connectivity index (χ2n) is 5.05. The van der Waals surface area contributed by atoms with Crippen molar-refractivity contribution >= 4 is 17.2 Å². The number of fused-ring (bicyclic) bond motifs is 1. The minimum atomic E-state index is 0.00922. The number of para-hydroxylation sites is 1. The number of rotatable bonds is 2. The zero-order valence-corrected chi connectivity index (χ0v) is 11.3. The highest BCUT2D eigenvalue weighted by molar-refractivity contribution is 5.94. The molecule has 0 fully saturated rings. The molecule has 2 heterocycles. The van der Waals surface area contributed by atoms with Gasteiger partial charge in [0, 0.05) is 24.1 Å². The third kappa shape index (κ3) is 2.37. The molecule has 20 heavy (non-hydrogen) atoms. The third-order valence-electron chi connectivity index (χ3n) is 3.69. The molecule has 1 aliphatic heterocycles. The van der Waals surface area contributed by atoms with Gasteiger partial charge >= 0.3 is 0 Å². The van der Waals surface area contributed by atoms with Crippen molar-refractivity contribution in [1.29, 1.82) is 5.41 Å². The van der Waals surface area contributed by atoms with Crippen molar-refractivity contribution < 1.29 is 0 Å². The van der Waals surface area contributed by atoms with E-state index in [2.05, 4.69) is 34.1 Å². The van der Waals surface area contributed by atoms with Crippen LogP contribution in [-0.2, 0) is 6.42 Å². The van der Waals surface area contributed by atoms with Gasteiger partial charge in [0.2, 0.25) is 0 Å². The van der Waals surface area contributed by atoms with Gasteiger partial charge in [0.25, 0.3) is 0 Å². The van der Waals surface area contributed by atoms with Crippen molar-refractivity contribution in [3.63, 3.8) is 0 Å². The summed E-state index contributed by atoms with van der Waals surface area (Å²) in [4.78, 5) is 6.44. The van der Waals surface area contributed by atoms with Gasteiger partial charge in [0.1, 0.15) is 11.5 Å². The van der Waals surface area contributed by atoms with Gasteiger partial charge in [-0.05, 0) is 43.0 Å². The van der Waals surface area contributed by atoms with E-state index in [4.69, 9.17) is 11.1 Å². The van der Waals surface area contributed by atoms with E-state index >= 15 is 0 Å². The fourth-order valence-electron chi connectivity index (χ4n) is 2.69. The minimum Gasteiger partial charge on any atom is -0.382 e. The first kappa shape index (κ1) is 12.7. The van der Waals surface area contributed by atoms with Gasteiger partial charge in [-0.25, -0.2) is 0 Å². The van der Waals surface area contributed by atoms with Crippen LogP contribution < -0.4 is 10.6 Å². The average molecular weight is 266 g/mol. The van der Waals surface area contributed by atoms with Gasteiger partial charge < -0.3 is 10.6 Å². The summed E-state index contributed by atoms with van der Waals surface area (Å²) < 4.78 is 0. The highest BCUT2D eigenvalue weighted by atomic mass is 15.1. The molecule has 0 saturated carbocycles. The number of pyridine rings is 1. The molecule has 102 valence electrons. The lowest BCUT2D eigenvalue weighted by Crippen LogP contribution is -2.19. The number of nitrogens with zero attached hydrogens (tertiary/aromatic N) is 2. The summed E-state index contributed by atoms with van der Waals surface area (Å²) in [5.41, 5.74) is 9.76. The maximum absolute atomic E-state index is 7.53. The monoisotopic (exact) mass is 266 g/mol. The minimum absolute atomic E-state index is 0.00922. The quantitative estimate of drug-likeness (QED) is 0.649. The molecule has 2 aromatic rings. The molecule has 0 aliphatic carbocycles. The van der Waals surface area contributed by atoms with Crippen molar-refractivity contribution in [2.75, 3.05) is 11.4 Å². The molecule has 1 aliphatic rings. The molecule has 0 amide bonds. The predicted molar refractivity (Wildman–Crippen MR) is 81.6 cm³/mol. The van der Waals surface area contributed by atoms with E-state index < -0.39 is 0 Å². The standard InChI is InChI=1S/C16H18N4/c17-16(18)14-11-13(8-9-19-14)20-10-4-3-6-12-5-1-2-7-15(12)20/h1-2,5,7-9,11H,3-4,6,10H2,(H3,17,18). The number of nitrogen functional groups attached to an aromatic ring is 1. The molecule has 0 spiro atoms. The smallest absolute Gasteiger partial charge is 0.141 e. The Kier molecular flexibility index (Phi) is 3.37. The Balaban J connectivity index is 2.05. The van der Waals surface area contributed by atoms with Crippen molar-refractivity contribution in [2.45, 2.75) is 19.3 Å². The number of nitrogens with one attached hydrogen (secondary N) is 1. The first-order valence-electron chi connectivity index (χ1n) is 6.91. The number of nitrogens with two attached hydrogens (primary N) is 1. The number of hydrogen-bond donors (Lipinski definition) is 2. The van der Waals surface area contributed by atoms with E-state index in [-0.39, 0.29) is 5.84 Å². The Hall–Kier alpha value is -2.36. The Morgan fingerprint density at radius 1 is 1.20 bits per heavy atom. The fourth-order valence-corrected chi connectivity index (χ4v) is 2.69. The van der Waals surface area contributed by atoms with Gasteiger partial charge in [-0.3, -0.25) is 10.4 Å². The molecular weight excluding hydrogens is 248 g/mol. The molecule has 3 rings (SSSR count). The van der Waals surface area contributed by atoms with E-state index in [1.807, 2.05) is 12.1 Å². The summed E-state index contributed by atoms with van der Waals surface area (Å²) in [6, 6.07) is 12.4. The van der Waals surface area contributed by atoms with Crippen LogP contribution in [0.15, 0.2) is 42.6 Å². The van der Waals surface area contributed by atoms with Crippen LogP contribution >= 0.6 is 0 Å². The topological polar surface area (TPSA) is 66.0 Å². The average Bonchev–Trinajstić information content (AvgIpc) is 2.69. The summed E-state index contributed by atoms with van der Waals surface area (Å²) >= 11 is 0. The van der Waals surface area contributed by atoms with Gasteiger partial charge in [-0.2, -0.15) is 0 Å². The molecule has 1 aromatic heterocycles. The predicted octanol–water partition coefficient (Wildman–Crippen LogP) is 2.84. The molecule has 1 aromatic carbocycles. The summed E-state index contributed by atoms with van der Waals surface area (Å²) in [6.07, 6.45) is 5.21. The Bertz CT molecular complexity index is 636. The van der Waals surface area contributed by atoms with Crippen LogP contribution in [0.2, 0.25) is 0 Å². The molecule has 0 unspecified atom stereocenters. The maximum Gasteiger partial charge on any atom is 0.141 e. The van der Waals surface area contributed by atoms with E-state index in [1.165, 1.54) is 17.7 Å². The van der Waals surface area contributed by atoms with Crippen LogP contribution in [0, 0.1) is 5.41 Å². The number of aromatic nitrogens is 1. The number of hydrogen-bond acceptors (Lipinski definition) is 3. The van der Waals surface area contributed by atoms with Gasteiger partial charge in [-0.1, -0.05) is 18.2 Å². The van der Waals surface area contributed by atoms with E-state index in [1.54, 1.807) is 6.20 Å². The van der Waals surface area contributed by atoms with Crippen LogP contribution in [0.3, 0.4) is 0 Å². The molecule has 0 saturated heterocycles. The first-order chi connectivity index (χ1) is 9.75. The lowest BCUT2D eigenvalue weighted by Gasteiger charge is -2.25. The van der Waals surface area contributed by atoms with Gasteiger partial charge in [0.05, 0.1) is 0 Å². The van der Waals surface area contributed by atoms with Crippen molar-refractivity contribution in [1.82, 2.24) is 4.98 Å². The summed E-state index contributed by atoms with van der Waals surface area (Å²) in [7, 11) is 0. The summed E-state index contributed by atoms with van der Waals surface area (Å²) in [5.74, 6) is 0.00922. The Morgan fingerprint density at radius 2 is 2.05 bits per heavy atom. The van der Waals surface area contributed by atoms with Crippen molar-refractivity contribution in [3.05, 3.63) is 53.9 Å². The second kappa shape index (κ2) is 5.33. The van der Waals surface area contributed by atoms with E-state index in [9.17, 15) is 0 Å². The third-order valence-corrected chi connectivity index (χ3v) is 3.69. The fraction of sp³-hybridized carbons (Fsp3) is 0.250. The molecule has 0 bridgehead atoms. The summed E-state index contributed by atoms with van der Waals surface area (Å²) in [6.45, 7) is 0.984. The largest absolute Gasteiger partial charge is 0.382 e. The van der Waals surface area contributed by atoms with E-state index in [0.717, 1.165) is 25.1 Å². The van der Waals surface area contributed by atoms with E-state index in [0.29, 0.717) is 5.69 Å². The van der Waals surface area contributed by atoms with Crippen LogP contribution in [-0.4, -0.2) is 17.4 Å². The van der Waals surface area contributed by atoms with Crippen LogP contribution in [0.25, 0.3) is 0 Å². The molecule has 0 radical (unpaired) electrons. The zero-order chi connectivity index (χ0) is 13.9. The molecule has 4 heteroatoms. The lowest BCUT2D eigenvalue weighted by atomic mass is 10.1. The second-order valence-corrected chi connectivity index (χ2v) is 5.05. The van der Waals surface area contributed by atoms with Gasteiger partial charge in [0.15, 0.2) is 0 Å². The Labute approximate surface area is 118 Å². The molecular formula is C16H18N4. The number of amidine groups is 1. The van der Waals surface area contributed by atoms with Crippen LogP contribution in [0.1, 0.15) is 24.1 Å². The Morgan fingerprint density at radius 3 is 2.90 bits per heavy atom. The normalized spacial score (nSPS) is 14.5. The first-order valence-corrected chi connectivity index (χ1v) is 6.91. The van der Waals surface area contributed by atoms with Crippen LogP contribution in [0.5, 0.6) is 0 Å². The number of benzene rings is 1. The number of anilines is 2. The zero-order valence-electron chi connectivity index (χ0n) is 11.3. The maximum atomic E-state index is 7.53. The number of aryl methyl sites for hydroxylation is 1. The highest BCUT2D eigenvalue weighted by Gasteiger charge is 2.16. The summed E-state index contributed by atoms with van der Waals surface area (Å²) in [5, 5.41) is 7.53. The van der Waals surface area contributed by atoms with Gasteiger partial charge in [-0.15, -0.1) is 0 Å². The molecule has 0 atom stereocenters. The lowest BCUT2D eigenvalue weighted by molar-refractivity contribution is 0.761. The van der Waals surface area contributed by atoms with Crippen molar-refractivity contribution in [2.24, 2.45) is 5.73 Å². The van der Waals surface area contributed by atoms with Crippen molar-refractivity contribution in [3.8, 4) is 0 Å². The highest BCUT2D eigenvalue weighted by Crippen LogP contribution is 2.32. The molecule has 3 N–H and O–H groups in total.